The third-order valence-corrected chi connectivity index (χ3v) is 5.26. The number of β-amino-alcohol motifs (C(OH)–C–C–N with tert-alkyl or cyclic N) is 1. The highest BCUT2D eigenvalue weighted by atomic mass is 16.3. The van der Waals surface area contributed by atoms with E-state index in [0.29, 0.717) is 12.1 Å². The molecule has 0 aliphatic carbocycles. The summed E-state index contributed by atoms with van der Waals surface area (Å²) in [5, 5.41) is 13.3. The van der Waals surface area contributed by atoms with Crippen molar-refractivity contribution in [1.29, 1.82) is 0 Å². The zero-order chi connectivity index (χ0) is 20.1. The van der Waals surface area contributed by atoms with E-state index in [-0.39, 0.29) is 12.5 Å². The Balaban J connectivity index is 1.31. The number of hydrogen-bond donors (Lipinski definition) is 2. The maximum atomic E-state index is 12.5. The van der Waals surface area contributed by atoms with E-state index >= 15 is 0 Å². The molecule has 2 aromatic carbocycles. The molecule has 1 aromatic heterocycles. The fourth-order valence-electron chi connectivity index (χ4n) is 3.74. The van der Waals surface area contributed by atoms with Crippen molar-refractivity contribution in [3.8, 4) is 11.3 Å². The minimum atomic E-state index is -0.608. The standard InChI is InChI=1S/C24H25N3O2/c28-22(17-27-13-11-18-6-1-2-7-21(18)16-27)15-26-24(29)20-9-5-8-19(14-20)23-10-3-4-12-25-23/h1-10,12,14,22,28H,11,13,15-17H2,(H,26,29)/t22-/m1/s1. The number of rotatable bonds is 6. The van der Waals surface area contributed by atoms with Gasteiger partial charge in [0.1, 0.15) is 0 Å². The first kappa shape index (κ1) is 19.3. The number of carbonyl (C=O) groups excluding carboxylic acids is 1. The molecule has 0 saturated carbocycles. The predicted molar refractivity (Wildman–Crippen MR) is 113 cm³/mol. The minimum absolute atomic E-state index is 0.189. The van der Waals surface area contributed by atoms with Gasteiger partial charge >= 0.3 is 0 Å². The Bertz CT molecular complexity index is 975. The SMILES string of the molecule is O=C(NC[C@@H](O)CN1CCc2ccccc2C1)c1cccc(-c2ccccn2)c1. The molecule has 0 saturated heterocycles. The van der Waals surface area contributed by atoms with Crippen LogP contribution in [0.15, 0.2) is 72.9 Å². The number of amides is 1. The molecule has 1 amide bonds. The Morgan fingerprint density at radius 1 is 1.07 bits per heavy atom. The molecule has 148 valence electrons. The van der Waals surface area contributed by atoms with E-state index in [2.05, 4.69) is 39.5 Å². The summed E-state index contributed by atoms with van der Waals surface area (Å²) in [4.78, 5) is 19.1. The smallest absolute Gasteiger partial charge is 0.251 e. The average Bonchev–Trinajstić information content (AvgIpc) is 2.78. The molecular weight excluding hydrogens is 362 g/mol. The maximum absolute atomic E-state index is 12.5. The lowest BCUT2D eigenvalue weighted by molar-refractivity contribution is 0.0842. The molecule has 0 radical (unpaired) electrons. The molecule has 29 heavy (non-hydrogen) atoms. The van der Waals surface area contributed by atoms with Crippen molar-refractivity contribution >= 4 is 5.91 Å². The monoisotopic (exact) mass is 387 g/mol. The number of aromatic nitrogens is 1. The van der Waals surface area contributed by atoms with Gasteiger partial charge in [0, 0.05) is 43.5 Å². The van der Waals surface area contributed by atoms with Gasteiger partial charge in [-0.25, -0.2) is 0 Å². The van der Waals surface area contributed by atoms with Crippen molar-refractivity contribution in [3.63, 3.8) is 0 Å². The van der Waals surface area contributed by atoms with Gasteiger partial charge in [-0.2, -0.15) is 0 Å². The van der Waals surface area contributed by atoms with Crippen LogP contribution in [0.2, 0.25) is 0 Å². The number of carbonyl (C=O) groups is 1. The third-order valence-electron chi connectivity index (χ3n) is 5.26. The van der Waals surface area contributed by atoms with Crippen LogP contribution in [0.5, 0.6) is 0 Å². The summed E-state index contributed by atoms with van der Waals surface area (Å²) in [5.74, 6) is -0.189. The molecular formula is C24H25N3O2. The zero-order valence-corrected chi connectivity index (χ0v) is 16.3. The van der Waals surface area contributed by atoms with Gasteiger partial charge in [-0.05, 0) is 41.8 Å². The topological polar surface area (TPSA) is 65.5 Å². The first-order valence-electron chi connectivity index (χ1n) is 9.96. The first-order chi connectivity index (χ1) is 14.2. The van der Waals surface area contributed by atoms with Gasteiger partial charge in [0.2, 0.25) is 0 Å². The molecule has 0 spiro atoms. The van der Waals surface area contributed by atoms with Crippen LogP contribution in [0.25, 0.3) is 11.3 Å². The molecule has 5 heteroatoms. The van der Waals surface area contributed by atoms with Crippen LogP contribution in [-0.2, 0) is 13.0 Å². The summed E-state index contributed by atoms with van der Waals surface area (Å²) < 4.78 is 0. The zero-order valence-electron chi connectivity index (χ0n) is 16.3. The number of benzene rings is 2. The van der Waals surface area contributed by atoms with Gasteiger partial charge in [-0.3, -0.25) is 14.7 Å². The summed E-state index contributed by atoms with van der Waals surface area (Å²) >= 11 is 0. The lowest BCUT2D eigenvalue weighted by Gasteiger charge is -2.30. The Morgan fingerprint density at radius 3 is 2.72 bits per heavy atom. The van der Waals surface area contributed by atoms with E-state index in [4.69, 9.17) is 0 Å². The van der Waals surface area contributed by atoms with Gasteiger partial charge in [0.15, 0.2) is 0 Å². The number of aliphatic hydroxyl groups excluding tert-OH is 1. The van der Waals surface area contributed by atoms with E-state index in [1.165, 1.54) is 11.1 Å². The summed E-state index contributed by atoms with van der Waals surface area (Å²) in [7, 11) is 0. The highest BCUT2D eigenvalue weighted by molar-refractivity contribution is 5.95. The summed E-state index contributed by atoms with van der Waals surface area (Å²) in [6.07, 6.45) is 2.12. The van der Waals surface area contributed by atoms with Crippen molar-refractivity contribution in [3.05, 3.63) is 89.6 Å². The van der Waals surface area contributed by atoms with E-state index < -0.39 is 6.10 Å². The molecule has 1 atom stereocenters. The Morgan fingerprint density at radius 2 is 1.90 bits per heavy atom. The summed E-state index contributed by atoms with van der Waals surface area (Å²) in [5.41, 5.74) is 4.99. The largest absolute Gasteiger partial charge is 0.390 e. The van der Waals surface area contributed by atoms with Crippen molar-refractivity contribution in [2.24, 2.45) is 0 Å². The summed E-state index contributed by atoms with van der Waals surface area (Å²) in [6, 6.07) is 21.5. The Hall–Kier alpha value is -3.02. The molecule has 2 heterocycles. The highest BCUT2D eigenvalue weighted by Gasteiger charge is 2.19. The van der Waals surface area contributed by atoms with Crippen LogP contribution in [0.3, 0.4) is 0 Å². The number of fused-ring (bicyclic) bond motifs is 1. The number of hydrogen-bond acceptors (Lipinski definition) is 4. The number of nitrogens with one attached hydrogen (secondary N) is 1. The van der Waals surface area contributed by atoms with Gasteiger partial charge in [-0.15, -0.1) is 0 Å². The van der Waals surface area contributed by atoms with Crippen molar-refractivity contribution in [2.45, 2.75) is 19.1 Å². The molecule has 1 aliphatic heterocycles. The van der Waals surface area contributed by atoms with E-state index in [1.54, 1.807) is 12.3 Å². The minimum Gasteiger partial charge on any atom is -0.390 e. The van der Waals surface area contributed by atoms with Crippen LogP contribution in [0.1, 0.15) is 21.5 Å². The molecule has 2 N–H and O–H groups in total. The van der Waals surface area contributed by atoms with Crippen LogP contribution < -0.4 is 5.32 Å². The second-order valence-corrected chi connectivity index (χ2v) is 7.41. The summed E-state index contributed by atoms with van der Waals surface area (Å²) in [6.45, 7) is 2.54. The Kier molecular flexibility index (Phi) is 5.98. The van der Waals surface area contributed by atoms with Crippen LogP contribution >= 0.6 is 0 Å². The van der Waals surface area contributed by atoms with Crippen molar-refractivity contribution < 1.29 is 9.90 Å². The van der Waals surface area contributed by atoms with Crippen molar-refractivity contribution in [2.75, 3.05) is 19.6 Å². The van der Waals surface area contributed by atoms with Crippen molar-refractivity contribution in [1.82, 2.24) is 15.2 Å². The van der Waals surface area contributed by atoms with E-state index in [0.717, 1.165) is 30.8 Å². The second kappa shape index (κ2) is 8.99. The van der Waals surface area contributed by atoms with Crippen LogP contribution in [0, 0.1) is 0 Å². The van der Waals surface area contributed by atoms with Crippen LogP contribution in [0.4, 0.5) is 0 Å². The maximum Gasteiger partial charge on any atom is 0.251 e. The quantitative estimate of drug-likeness (QED) is 0.683. The fourth-order valence-corrected chi connectivity index (χ4v) is 3.74. The normalized spacial score (nSPS) is 14.8. The lowest BCUT2D eigenvalue weighted by Crippen LogP contribution is -2.42. The highest BCUT2D eigenvalue weighted by Crippen LogP contribution is 2.19. The molecule has 5 nitrogen and oxygen atoms in total. The number of aliphatic hydroxyl groups is 1. The average molecular weight is 387 g/mol. The third kappa shape index (κ3) is 4.88. The molecule has 0 fully saturated rings. The molecule has 3 aromatic rings. The lowest BCUT2D eigenvalue weighted by atomic mass is 10.00. The molecule has 0 unspecified atom stereocenters. The van der Waals surface area contributed by atoms with Gasteiger partial charge < -0.3 is 10.4 Å². The number of nitrogens with zero attached hydrogens (tertiary/aromatic N) is 2. The number of pyridine rings is 1. The molecule has 1 aliphatic rings. The van der Waals surface area contributed by atoms with Crippen LogP contribution in [-0.4, -0.2) is 46.6 Å². The van der Waals surface area contributed by atoms with Gasteiger partial charge in [0.05, 0.1) is 11.8 Å². The molecule has 0 bridgehead atoms. The second-order valence-electron chi connectivity index (χ2n) is 7.41. The van der Waals surface area contributed by atoms with Gasteiger partial charge in [0.25, 0.3) is 5.91 Å². The Labute approximate surface area is 171 Å². The fraction of sp³-hybridized carbons (Fsp3) is 0.250. The van der Waals surface area contributed by atoms with E-state index in [9.17, 15) is 9.90 Å². The van der Waals surface area contributed by atoms with E-state index in [1.807, 2.05) is 36.4 Å². The molecule has 4 rings (SSSR count). The van der Waals surface area contributed by atoms with Gasteiger partial charge in [-0.1, -0.05) is 42.5 Å². The first-order valence-corrected chi connectivity index (χ1v) is 9.96. The predicted octanol–water partition coefficient (Wildman–Crippen LogP) is 2.90.